The second-order valence-corrected chi connectivity index (χ2v) is 16.5. The highest BCUT2D eigenvalue weighted by Crippen LogP contribution is 2.46. The van der Waals surface area contributed by atoms with E-state index in [-0.39, 0.29) is 18.3 Å². The van der Waals surface area contributed by atoms with E-state index < -0.39 is 5.97 Å². The van der Waals surface area contributed by atoms with Crippen LogP contribution in [0.25, 0.3) is 0 Å². The van der Waals surface area contributed by atoms with Gasteiger partial charge in [0.25, 0.3) is 0 Å². The van der Waals surface area contributed by atoms with Crippen molar-refractivity contribution in [2.24, 2.45) is 47.2 Å². The number of aliphatic carboxylic acids is 1. The van der Waals surface area contributed by atoms with Crippen LogP contribution in [0.3, 0.4) is 0 Å². The Morgan fingerprint density at radius 1 is 0.844 bits per heavy atom. The number of carboxylic acids is 1. The molecule has 0 aromatic heterocycles. The lowest BCUT2D eigenvalue weighted by Crippen LogP contribution is -2.37. The SMILES string of the molecule is NCC[C@@H]1[C@@H](CC(=O)O)[C@@H]2C=C[C@H]1C[C@@H](CC=CCCC1CCCCC1)[C@H](Cc1ccccc1)CSSCc1ccccc1C2. The highest BCUT2D eigenvalue weighted by atomic mass is 33.1. The summed E-state index contributed by atoms with van der Waals surface area (Å²) < 4.78 is 0. The van der Waals surface area contributed by atoms with Crippen molar-refractivity contribution < 1.29 is 9.90 Å². The summed E-state index contributed by atoms with van der Waals surface area (Å²) in [4.78, 5) is 12.3. The van der Waals surface area contributed by atoms with Crippen LogP contribution in [-0.4, -0.2) is 23.4 Å². The third-order valence-electron chi connectivity index (χ3n) is 11.0. The van der Waals surface area contributed by atoms with Gasteiger partial charge in [-0.05, 0) is 110 Å². The smallest absolute Gasteiger partial charge is 0.303 e. The van der Waals surface area contributed by atoms with Gasteiger partial charge in [-0.3, -0.25) is 4.79 Å². The van der Waals surface area contributed by atoms with Gasteiger partial charge in [-0.25, -0.2) is 0 Å². The van der Waals surface area contributed by atoms with Crippen molar-refractivity contribution in [1.82, 2.24) is 0 Å². The summed E-state index contributed by atoms with van der Waals surface area (Å²) in [6.45, 7) is 0.611. The van der Waals surface area contributed by atoms with E-state index in [1.54, 1.807) is 0 Å². The van der Waals surface area contributed by atoms with Gasteiger partial charge in [-0.1, -0.05) is 133 Å². The molecule has 6 rings (SSSR count). The quantitative estimate of drug-likeness (QED) is 0.188. The van der Waals surface area contributed by atoms with E-state index in [0.29, 0.717) is 30.2 Å². The van der Waals surface area contributed by atoms with E-state index >= 15 is 0 Å². The van der Waals surface area contributed by atoms with E-state index in [4.69, 9.17) is 5.73 Å². The lowest BCUT2D eigenvalue weighted by atomic mass is 9.63. The van der Waals surface area contributed by atoms with E-state index in [1.165, 1.54) is 61.6 Å². The second-order valence-electron chi connectivity index (χ2n) is 14.0. The van der Waals surface area contributed by atoms with Gasteiger partial charge in [-0.2, -0.15) is 0 Å². The minimum Gasteiger partial charge on any atom is -0.481 e. The zero-order valence-corrected chi connectivity index (χ0v) is 28.7. The van der Waals surface area contributed by atoms with Crippen LogP contribution in [0.15, 0.2) is 78.9 Å². The number of nitrogens with two attached hydrogens (primary N) is 1. The molecule has 5 heteroatoms. The van der Waals surface area contributed by atoms with Crippen molar-refractivity contribution in [3.8, 4) is 0 Å². The Labute approximate surface area is 280 Å². The molecule has 0 spiro atoms. The van der Waals surface area contributed by atoms with E-state index in [0.717, 1.165) is 49.5 Å². The van der Waals surface area contributed by atoms with Crippen LogP contribution in [0, 0.1) is 41.4 Å². The maximum atomic E-state index is 12.3. The molecule has 4 aliphatic rings. The molecular formula is C40H55NO2S2. The molecule has 0 radical (unpaired) electrons. The van der Waals surface area contributed by atoms with Gasteiger partial charge in [0.05, 0.1) is 0 Å². The number of hydrogen-bond donors (Lipinski definition) is 2. The number of hydrogen-bond acceptors (Lipinski definition) is 4. The molecule has 2 aliphatic carbocycles. The van der Waals surface area contributed by atoms with E-state index in [9.17, 15) is 9.90 Å². The Kier molecular flexibility index (Phi) is 14.1. The summed E-state index contributed by atoms with van der Waals surface area (Å²) >= 11 is 0. The molecule has 2 aromatic rings. The molecule has 0 unspecified atom stereocenters. The van der Waals surface area contributed by atoms with Crippen LogP contribution >= 0.6 is 21.6 Å². The highest BCUT2D eigenvalue weighted by molar-refractivity contribution is 8.76. The fraction of sp³-hybridized carbons (Fsp3) is 0.575. The lowest BCUT2D eigenvalue weighted by Gasteiger charge is -2.42. The molecule has 2 bridgehead atoms. The maximum absolute atomic E-state index is 12.3. The van der Waals surface area contributed by atoms with Crippen LogP contribution in [0.5, 0.6) is 0 Å². The van der Waals surface area contributed by atoms with Crippen LogP contribution in [0.1, 0.15) is 87.3 Å². The third-order valence-corrected chi connectivity index (χ3v) is 13.4. The number of carboxylic acid groups (broad SMARTS) is 1. The third kappa shape index (κ3) is 10.5. The Morgan fingerprint density at radius 2 is 1.60 bits per heavy atom. The van der Waals surface area contributed by atoms with Crippen LogP contribution in [0.4, 0.5) is 0 Å². The first-order chi connectivity index (χ1) is 22.1. The number of carbonyl (C=O) groups is 1. The zero-order chi connectivity index (χ0) is 31.3. The van der Waals surface area contributed by atoms with Crippen molar-refractivity contribution in [2.75, 3.05) is 12.3 Å². The standard InChI is InChI=1S/C40H55NO2S2/c41-23-22-38-34-20-21-35(39(38)27-40(42)43)25-32-18-10-11-19-36(32)28-44-45-29-37(24-31-15-7-2-8-16-31)33(26-34)17-9-3-6-14-30-12-4-1-5-13-30/h2-3,7-11,15-16,18-21,30,33-35,37-39H,1,4-6,12-14,17,22-29,41H2,(H,42,43)/t33-,34+,35-,37-,38+,39+/m1/s1. The molecule has 1 saturated carbocycles. The first-order valence-corrected chi connectivity index (χ1v) is 20.2. The molecule has 3 nitrogen and oxygen atoms in total. The average molecular weight is 646 g/mol. The fourth-order valence-corrected chi connectivity index (χ4v) is 11.1. The van der Waals surface area contributed by atoms with Gasteiger partial charge in [0.1, 0.15) is 0 Å². The van der Waals surface area contributed by atoms with Crippen molar-refractivity contribution in [3.63, 3.8) is 0 Å². The monoisotopic (exact) mass is 645 g/mol. The normalized spacial score (nSPS) is 28.1. The minimum absolute atomic E-state index is 0.110. The predicted molar refractivity (Wildman–Crippen MR) is 194 cm³/mol. The summed E-state index contributed by atoms with van der Waals surface area (Å²) in [6.07, 6.45) is 24.8. The van der Waals surface area contributed by atoms with Crippen molar-refractivity contribution >= 4 is 27.6 Å². The van der Waals surface area contributed by atoms with Gasteiger partial charge in [-0.15, -0.1) is 0 Å². The first kappa shape index (κ1) is 34.4. The van der Waals surface area contributed by atoms with Gasteiger partial charge in [0, 0.05) is 17.9 Å². The van der Waals surface area contributed by atoms with Gasteiger partial charge in [0.15, 0.2) is 0 Å². The van der Waals surface area contributed by atoms with Gasteiger partial charge < -0.3 is 10.8 Å². The largest absolute Gasteiger partial charge is 0.481 e. The zero-order valence-electron chi connectivity index (χ0n) is 27.1. The molecule has 2 aromatic carbocycles. The average Bonchev–Trinajstić information content (AvgIpc) is 3.05. The number of fused-ring (bicyclic) bond motifs is 7. The number of rotatable bonds is 11. The van der Waals surface area contributed by atoms with Gasteiger partial charge >= 0.3 is 5.97 Å². The van der Waals surface area contributed by atoms with Crippen LogP contribution in [0.2, 0.25) is 0 Å². The molecule has 0 saturated heterocycles. The molecule has 2 aliphatic heterocycles. The Morgan fingerprint density at radius 3 is 2.38 bits per heavy atom. The summed E-state index contributed by atoms with van der Waals surface area (Å²) in [5, 5.41) is 10.1. The van der Waals surface area contributed by atoms with Crippen molar-refractivity contribution in [1.29, 1.82) is 0 Å². The van der Waals surface area contributed by atoms with Crippen LogP contribution < -0.4 is 5.73 Å². The first-order valence-electron chi connectivity index (χ1n) is 17.7. The van der Waals surface area contributed by atoms with Crippen LogP contribution in [-0.2, 0) is 23.4 Å². The van der Waals surface area contributed by atoms with Gasteiger partial charge in [0.2, 0.25) is 0 Å². The van der Waals surface area contributed by atoms with E-state index in [2.05, 4.69) is 89.7 Å². The lowest BCUT2D eigenvalue weighted by molar-refractivity contribution is -0.139. The fourth-order valence-electron chi connectivity index (χ4n) is 8.50. The molecule has 0 amide bonds. The topological polar surface area (TPSA) is 63.3 Å². The highest BCUT2D eigenvalue weighted by Gasteiger charge is 2.39. The molecular weight excluding hydrogens is 591 g/mol. The summed E-state index contributed by atoms with van der Waals surface area (Å²) in [5.74, 6) is 4.45. The summed E-state index contributed by atoms with van der Waals surface area (Å²) in [5.41, 5.74) is 10.5. The molecule has 244 valence electrons. The molecule has 2 heterocycles. The summed E-state index contributed by atoms with van der Waals surface area (Å²) in [6, 6.07) is 19.9. The number of allylic oxidation sites excluding steroid dienone is 4. The second kappa shape index (κ2) is 18.4. The Balaban J connectivity index is 1.43. The number of benzene rings is 2. The molecule has 6 atom stereocenters. The maximum Gasteiger partial charge on any atom is 0.303 e. The Bertz CT molecular complexity index is 1220. The minimum atomic E-state index is -0.679. The predicted octanol–water partition coefficient (Wildman–Crippen LogP) is 10.2. The summed E-state index contributed by atoms with van der Waals surface area (Å²) in [7, 11) is 4.05. The molecule has 1 fully saturated rings. The van der Waals surface area contributed by atoms with E-state index in [1.807, 2.05) is 10.8 Å². The molecule has 45 heavy (non-hydrogen) atoms. The van der Waals surface area contributed by atoms with Crippen molar-refractivity contribution in [2.45, 2.75) is 89.2 Å². The Hall–Kier alpha value is -1.95. The van der Waals surface area contributed by atoms with Crippen molar-refractivity contribution in [3.05, 3.63) is 95.6 Å². The molecule has 3 N–H and O–H groups in total.